The summed E-state index contributed by atoms with van der Waals surface area (Å²) in [5.41, 5.74) is -0.0149. The highest BCUT2D eigenvalue weighted by Gasteiger charge is 2.23. The molecule has 150 valence electrons. The molecule has 9 nitrogen and oxygen atoms in total. The number of carbonyl (C=O) groups is 3. The molecule has 9 heteroatoms. The predicted molar refractivity (Wildman–Crippen MR) is 100 cm³/mol. The first-order valence-electron chi connectivity index (χ1n) is 8.81. The number of hydrogen-bond acceptors (Lipinski definition) is 7. The standard InChI is InChI=1S/C19H23N3O6/c1-11(2)8-15(19(26)27-3)20-16(23)10-28-17(24)9-14-12-6-4-5-7-13(12)18(25)22-21-14/h4-7,11,15H,8-10H2,1-3H3,(H,20,23)(H,22,25)/t15-/m1/s1. The summed E-state index contributed by atoms with van der Waals surface area (Å²) in [6.07, 6.45) is 0.191. The Bertz CT molecular complexity index is 921. The van der Waals surface area contributed by atoms with Crippen LogP contribution in [0.5, 0.6) is 0 Å². The highest BCUT2D eigenvalue weighted by Crippen LogP contribution is 2.13. The summed E-state index contributed by atoms with van der Waals surface area (Å²) >= 11 is 0. The maximum Gasteiger partial charge on any atom is 0.328 e. The molecular weight excluding hydrogens is 366 g/mol. The summed E-state index contributed by atoms with van der Waals surface area (Å²) in [5, 5.41) is 9.67. The number of nitrogens with zero attached hydrogens (tertiary/aromatic N) is 1. The lowest BCUT2D eigenvalue weighted by Gasteiger charge is -2.18. The van der Waals surface area contributed by atoms with Crippen LogP contribution >= 0.6 is 0 Å². The molecule has 0 saturated carbocycles. The number of esters is 2. The normalized spacial score (nSPS) is 11.9. The molecule has 0 bridgehead atoms. The van der Waals surface area contributed by atoms with Crippen molar-refractivity contribution in [2.75, 3.05) is 13.7 Å². The molecule has 1 amide bonds. The minimum absolute atomic E-state index is 0.159. The van der Waals surface area contributed by atoms with E-state index in [2.05, 4.69) is 20.3 Å². The number of nitrogens with one attached hydrogen (secondary N) is 2. The van der Waals surface area contributed by atoms with Crippen LogP contribution in [0.2, 0.25) is 0 Å². The van der Waals surface area contributed by atoms with Crippen molar-refractivity contribution in [3.63, 3.8) is 0 Å². The molecule has 1 heterocycles. The number of carbonyl (C=O) groups excluding carboxylic acids is 3. The number of rotatable bonds is 8. The number of methoxy groups -OCH3 is 1. The molecule has 0 unspecified atom stereocenters. The molecule has 0 spiro atoms. The quantitative estimate of drug-likeness (QED) is 0.637. The Kier molecular flexibility index (Phi) is 7.25. The number of hydrogen-bond donors (Lipinski definition) is 2. The van der Waals surface area contributed by atoms with E-state index in [0.29, 0.717) is 22.9 Å². The zero-order valence-electron chi connectivity index (χ0n) is 16.0. The van der Waals surface area contributed by atoms with Gasteiger partial charge in [0.05, 0.1) is 24.6 Å². The van der Waals surface area contributed by atoms with Crippen LogP contribution in [0.25, 0.3) is 10.8 Å². The molecule has 0 aliphatic carbocycles. The van der Waals surface area contributed by atoms with E-state index < -0.39 is 30.5 Å². The van der Waals surface area contributed by atoms with Crippen molar-refractivity contribution >= 4 is 28.6 Å². The second-order valence-corrected chi connectivity index (χ2v) is 6.66. The summed E-state index contributed by atoms with van der Waals surface area (Å²) in [6.45, 7) is 3.28. The molecule has 2 aromatic rings. The molecule has 0 aliphatic heterocycles. The van der Waals surface area contributed by atoms with Crippen molar-refractivity contribution in [3.05, 3.63) is 40.3 Å². The summed E-state index contributed by atoms with van der Waals surface area (Å²) in [5.74, 6) is -1.69. The third-order valence-corrected chi connectivity index (χ3v) is 3.98. The zero-order chi connectivity index (χ0) is 20.7. The average Bonchev–Trinajstić information content (AvgIpc) is 2.67. The molecule has 0 fully saturated rings. The summed E-state index contributed by atoms with van der Waals surface area (Å²) < 4.78 is 9.64. The Labute approximate surface area is 161 Å². The van der Waals surface area contributed by atoms with Gasteiger partial charge in [-0.3, -0.25) is 14.4 Å². The fourth-order valence-corrected chi connectivity index (χ4v) is 2.70. The first-order valence-corrected chi connectivity index (χ1v) is 8.81. The number of aromatic amines is 1. The van der Waals surface area contributed by atoms with Crippen molar-refractivity contribution < 1.29 is 23.9 Å². The summed E-state index contributed by atoms with van der Waals surface area (Å²) in [7, 11) is 1.24. The van der Waals surface area contributed by atoms with Crippen LogP contribution in [-0.4, -0.2) is 47.8 Å². The second kappa shape index (κ2) is 9.63. The van der Waals surface area contributed by atoms with Gasteiger partial charge in [0, 0.05) is 5.39 Å². The minimum Gasteiger partial charge on any atom is -0.467 e. The SMILES string of the molecule is COC(=O)[C@@H](CC(C)C)NC(=O)COC(=O)Cc1n[nH]c(=O)c2ccccc12. The lowest BCUT2D eigenvalue weighted by Crippen LogP contribution is -2.44. The summed E-state index contributed by atoms with van der Waals surface area (Å²) in [4.78, 5) is 47.6. The molecule has 0 aliphatic rings. The second-order valence-electron chi connectivity index (χ2n) is 6.66. The van der Waals surface area contributed by atoms with Gasteiger partial charge in [-0.2, -0.15) is 5.10 Å². The smallest absolute Gasteiger partial charge is 0.328 e. The number of ether oxygens (including phenoxy) is 2. The van der Waals surface area contributed by atoms with Crippen LogP contribution in [-0.2, 0) is 30.3 Å². The van der Waals surface area contributed by atoms with E-state index in [1.165, 1.54) is 7.11 Å². The van der Waals surface area contributed by atoms with Gasteiger partial charge in [-0.15, -0.1) is 0 Å². The maximum atomic E-state index is 12.1. The molecule has 2 rings (SSSR count). The molecule has 1 aromatic heterocycles. The molecular formula is C19H23N3O6. The van der Waals surface area contributed by atoms with Crippen molar-refractivity contribution in [1.82, 2.24) is 15.5 Å². The van der Waals surface area contributed by atoms with Gasteiger partial charge < -0.3 is 14.8 Å². The molecule has 1 atom stereocenters. The van der Waals surface area contributed by atoms with Gasteiger partial charge in [0.15, 0.2) is 6.61 Å². The molecule has 2 N–H and O–H groups in total. The van der Waals surface area contributed by atoms with Gasteiger partial charge >= 0.3 is 11.9 Å². The lowest BCUT2D eigenvalue weighted by atomic mass is 10.0. The van der Waals surface area contributed by atoms with Crippen LogP contribution < -0.4 is 10.9 Å². The largest absolute Gasteiger partial charge is 0.467 e. The molecule has 28 heavy (non-hydrogen) atoms. The Morgan fingerprint density at radius 2 is 1.86 bits per heavy atom. The Morgan fingerprint density at radius 1 is 1.18 bits per heavy atom. The first-order chi connectivity index (χ1) is 13.3. The fraction of sp³-hybridized carbons (Fsp3) is 0.421. The lowest BCUT2D eigenvalue weighted by molar-refractivity contribution is -0.150. The first kappa shape index (κ1) is 21.1. The van der Waals surface area contributed by atoms with Crippen molar-refractivity contribution in [1.29, 1.82) is 0 Å². The topological polar surface area (TPSA) is 127 Å². The minimum atomic E-state index is -0.805. The Balaban J connectivity index is 1.95. The van der Waals surface area contributed by atoms with E-state index in [0.717, 1.165) is 0 Å². The van der Waals surface area contributed by atoms with E-state index in [1.54, 1.807) is 24.3 Å². The number of H-pyrrole nitrogens is 1. The third kappa shape index (κ3) is 5.63. The van der Waals surface area contributed by atoms with Gasteiger partial charge in [-0.05, 0) is 18.4 Å². The predicted octanol–water partition coefficient (Wildman–Crippen LogP) is 0.713. The van der Waals surface area contributed by atoms with E-state index >= 15 is 0 Å². The van der Waals surface area contributed by atoms with E-state index in [-0.39, 0.29) is 17.9 Å². The monoisotopic (exact) mass is 389 g/mol. The van der Waals surface area contributed by atoms with Crippen LogP contribution in [0.4, 0.5) is 0 Å². The number of amides is 1. The zero-order valence-corrected chi connectivity index (χ0v) is 16.0. The van der Waals surface area contributed by atoms with Crippen LogP contribution in [0.1, 0.15) is 26.0 Å². The van der Waals surface area contributed by atoms with E-state index in [9.17, 15) is 19.2 Å². The van der Waals surface area contributed by atoms with Crippen LogP contribution in [0.3, 0.4) is 0 Å². The number of fused-ring (bicyclic) bond motifs is 1. The third-order valence-electron chi connectivity index (χ3n) is 3.98. The van der Waals surface area contributed by atoms with Crippen molar-refractivity contribution in [2.45, 2.75) is 32.7 Å². The fourth-order valence-electron chi connectivity index (χ4n) is 2.70. The summed E-state index contributed by atoms with van der Waals surface area (Å²) in [6, 6.07) is 5.94. The van der Waals surface area contributed by atoms with E-state index in [4.69, 9.17) is 4.74 Å². The molecule has 0 saturated heterocycles. The Morgan fingerprint density at radius 3 is 2.50 bits per heavy atom. The van der Waals surface area contributed by atoms with Crippen LogP contribution in [0.15, 0.2) is 29.1 Å². The Hall–Kier alpha value is -3.23. The van der Waals surface area contributed by atoms with Crippen molar-refractivity contribution in [2.24, 2.45) is 5.92 Å². The van der Waals surface area contributed by atoms with Gasteiger partial charge in [0.1, 0.15) is 6.04 Å². The van der Waals surface area contributed by atoms with Gasteiger partial charge in [0.2, 0.25) is 0 Å². The molecule has 1 aromatic carbocycles. The van der Waals surface area contributed by atoms with Crippen LogP contribution in [0, 0.1) is 5.92 Å². The van der Waals surface area contributed by atoms with Gasteiger partial charge in [-0.1, -0.05) is 32.0 Å². The van der Waals surface area contributed by atoms with E-state index in [1.807, 2.05) is 13.8 Å². The van der Waals surface area contributed by atoms with Gasteiger partial charge in [-0.25, -0.2) is 9.89 Å². The van der Waals surface area contributed by atoms with Gasteiger partial charge in [0.25, 0.3) is 11.5 Å². The highest BCUT2D eigenvalue weighted by atomic mass is 16.5. The highest BCUT2D eigenvalue weighted by molar-refractivity contribution is 5.88. The average molecular weight is 389 g/mol. The molecule has 0 radical (unpaired) electrons. The number of benzene rings is 1. The maximum absolute atomic E-state index is 12.1. The van der Waals surface area contributed by atoms with Crippen molar-refractivity contribution in [3.8, 4) is 0 Å². The number of aromatic nitrogens is 2.